The van der Waals surface area contributed by atoms with Gasteiger partial charge in [0.15, 0.2) is 0 Å². The zero-order chi connectivity index (χ0) is 18.8. The fraction of sp³-hybridized carbons (Fsp3) is 0.0952. The Morgan fingerprint density at radius 2 is 1.85 bits per heavy atom. The van der Waals surface area contributed by atoms with Crippen LogP contribution in [0.3, 0.4) is 0 Å². The van der Waals surface area contributed by atoms with Crippen molar-refractivity contribution in [3.8, 4) is 21.8 Å². The zero-order valence-electron chi connectivity index (χ0n) is 14.6. The Balaban J connectivity index is 1.67. The molecule has 0 bridgehead atoms. The number of benzene rings is 2. The maximum atomic E-state index is 6.11. The van der Waals surface area contributed by atoms with Gasteiger partial charge in [0.25, 0.3) is 0 Å². The monoisotopic (exact) mass is 409 g/mol. The van der Waals surface area contributed by atoms with Crippen LogP contribution in [-0.2, 0) is 6.54 Å². The van der Waals surface area contributed by atoms with Crippen molar-refractivity contribution < 1.29 is 0 Å². The lowest BCUT2D eigenvalue weighted by Gasteiger charge is -2.10. The summed E-state index contributed by atoms with van der Waals surface area (Å²) in [5.74, 6) is 0. The third-order valence-corrected chi connectivity index (χ3v) is 5.66. The average Bonchev–Trinajstić information content (AvgIpc) is 3.10. The van der Waals surface area contributed by atoms with Crippen molar-refractivity contribution in [3.05, 3.63) is 87.0 Å². The third kappa shape index (κ3) is 4.16. The Hall–Kier alpha value is -2.34. The molecule has 0 N–H and O–H groups in total. The third-order valence-electron chi connectivity index (χ3n) is 4.11. The molecule has 0 radical (unpaired) electrons. The summed E-state index contributed by atoms with van der Waals surface area (Å²) in [6.07, 6.45) is 1.90. The van der Waals surface area contributed by atoms with Crippen molar-refractivity contribution in [3.63, 3.8) is 0 Å². The predicted molar refractivity (Wildman–Crippen MR) is 115 cm³/mol. The average molecular weight is 410 g/mol. The molecule has 4 aromatic rings. The molecule has 0 aliphatic carbocycles. The van der Waals surface area contributed by atoms with Crippen LogP contribution < -0.4 is 0 Å². The van der Waals surface area contributed by atoms with Crippen molar-refractivity contribution in [2.75, 3.05) is 0 Å². The lowest BCUT2D eigenvalue weighted by molar-refractivity contribution is 0.659. The normalized spacial score (nSPS) is 10.9. The second kappa shape index (κ2) is 7.72. The first-order valence-electron chi connectivity index (χ1n) is 8.44. The summed E-state index contributed by atoms with van der Waals surface area (Å²) in [6, 6.07) is 19.9. The van der Waals surface area contributed by atoms with Gasteiger partial charge in [0, 0.05) is 27.2 Å². The minimum Gasteiger partial charge on any atom is -0.250 e. The minimum atomic E-state index is 0.603. The number of rotatable bonds is 4. The minimum absolute atomic E-state index is 0.603. The lowest BCUT2D eigenvalue weighted by Crippen LogP contribution is -2.07. The van der Waals surface area contributed by atoms with Gasteiger partial charge in [-0.2, -0.15) is 5.10 Å². The van der Waals surface area contributed by atoms with E-state index in [0.717, 1.165) is 27.4 Å². The van der Waals surface area contributed by atoms with Crippen molar-refractivity contribution in [1.82, 2.24) is 14.8 Å². The van der Waals surface area contributed by atoms with Gasteiger partial charge in [-0.1, -0.05) is 54.2 Å². The largest absolute Gasteiger partial charge is 0.250 e. The number of aromatic nitrogens is 3. The number of thiazole rings is 1. The molecule has 0 atom stereocenters. The molecule has 0 fully saturated rings. The van der Waals surface area contributed by atoms with Crippen LogP contribution in [0.5, 0.6) is 0 Å². The van der Waals surface area contributed by atoms with E-state index in [2.05, 4.69) is 30.1 Å². The molecule has 0 aliphatic heterocycles. The topological polar surface area (TPSA) is 30.7 Å². The number of aryl methyl sites for hydroxylation is 1. The fourth-order valence-electron chi connectivity index (χ4n) is 2.83. The summed E-state index contributed by atoms with van der Waals surface area (Å²) in [6.45, 7) is 2.67. The molecular formula is C21H16ClN3S2. The number of halogens is 1. The van der Waals surface area contributed by atoms with Gasteiger partial charge in [-0.15, -0.1) is 11.3 Å². The standard InChI is InChI=1S/C21H16ClN3S2/c1-14-12-23-21(27-14)17-6-2-4-15(10-17)13-25-20(26)9-8-19(24-25)16-5-3-7-18(22)11-16/h2-12H,13H2,1H3. The van der Waals surface area contributed by atoms with Crippen LogP contribution in [0.4, 0.5) is 0 Å². The van der Waals surface area contributed by atoms with E-state index in [1.165, 1.54) is 4.88 Å². The Morgan fingerprint density at radius 3 is 2.63 bits per heavy atom. The highest BCUT2D eigenvalue weighted by Crippen LogP contribution is 2.26. The summed E-state index contributed by atoms with van der Waals surface area (Å²) in [5, 5.41) is 6.44. The van der Waals surface area contributed by atoms with Gasteiger partial charge in [-0.25, -0.2) is 9.67 Å². The van der Waals surface area contributed by atoms with Crippen molar-refractivity contribution in [2.45, 2.75) is 13.5 Å². The van der Waals surface area contributed by atoms with Gasteiger partial charge in [0.05, 0.1) is 12.2 Å². The first kappa shape index (κ1) is 18.0. The van der Waals surface area contributed by atoms with Crippen LogP contribution in [0.15, 0.2) is 66.9 Å². The highest BCUT2D eigenvalue weighted by molar-refractivity contribution is 7.71. The molecule has 4 rings (SSSR count). The van der Waals surface area contributed by atoms with Gasteiger partial charge >= 0.3 is 0 Å². The van der Waals surface area contributed by atoms with Gasteiger partial charge in [0.1, 0.15) is 9.65 Å². The summed E-state index contributed by atoms with van der Waals surface area (Å²) >= 11 is 13.3. The molecule has 0 saturated carbocycles. The van der Waals surface area contributed by atoms with E-state index in [4.69, 9.17) is 28.9 Å². The van der Waals surface area contributed by atoms with Crippen LogP contribution in [0.1, 0.15) is 10.4 Å². The highest BCUT2D eigenvalue weighted by Gasteiger charge is 2.06. The Bertz CT molecular complexity index is 1160. The van der Waals surface area contributed by atoms with Crippen molar-refractivity contribution in [2.24, 2.45) is 0 Å². The maximum absolute atomic E-state index is 6.11. The molecule has 0 unspecified atom stereocenters. The predicted octanol–water partition coefficient (Wildman–Crippen LogP) is 6.41. The SMILES string of the molecule is Cc1cnc(-c2cccc(Cn3nc(-c4cccc(Cl)c4)ccc3=S)c2)s1. The molecule has 134 valence electrons. The molecule has 2 heterocycles. The molecule has 27 heavy (non-hydrogen) atoms. The number of nitrogens with zero attached hydrogens (tertiary/aromatic N) is 3. The summed E-state index contributed by atoms with van der Waals surface area (Å²) in [5.41, 5.74) is 4.06. The Labute approximate surface area is 171 Å². The van der Waals surface area contributed by atoms with E-state index in [0.29, 0.717) is 16.2 Å². The summed E-state index contributed by atoms with van der Waals surface area (Å²) < 4.78 is 2.54. The van der Waals surface area contributed by atoms with Crippen LogP contribution in [0, 0.1) is 11.6 Å². The van der Waals surface area contributed by atoms with Crippen LogP contribution in [-0.4, -0.2) is 14.8 Å². The van der Waals surface area contributed by atoms with Gasteiger partial charge in [0.2, 0.25) is 0 Å². The molecule has 6 heteroatoms. The lowest BCUT2D eigenvalue weighted by atomic mass is 10.1. The van der Waals surface area contributed by atoms with E-state index in [1.807, 2.05) is 53.3 Å². The first-order chi connectivity index (χ1) is 13.1. The van der Waals surface area contributed by atoms with Crippen molar-refractivity contribution >= 4 is 35.2 Å². The van der Waals surface area contributed by atoms with E-state index in [1.54, 1.807) is 11.3 Å². The second-order valence-corrected chi connectivity index (χ2v) is 8.29. The maximum Gasteiger partial charge on any atom is 0.123 e. The number of hydrogen-bond donors (Lipinski definition) is 0. The Kier molecular flexibility index (Phi) is 5.16. The van der Waals surface area contributed by atoms with E-state index in [9.17, 15) is 0 Å². The van der Waals surface area contributed by atoms with Crippen molar-refractivity contribution in [1.29, 1.82) is 0 Å². The van der Waals surface area contributed by atoms with Gasteiger partial charge in [-0.3, -0.25) is 0 Å². The van der Waals surface area contributed by atoms with E-state index in [-0.39, 0.29) is 0 Å². The number of hydrogen-bond acceptors (Lipinski definition) is 4. The second-order valence-electron chi connectivity index (χ2n) is 6.20. The molecule has 2 aromatic carbocycles. The van der Waals surface area contributed by atoms with E-state index < -0.39 is 0 Å². The molecule has 0 saturated heterocycles. The fourth-order valence-corrected chi connectivity index (χ4v) is 3.95. The molecule has 0 spiro atoms. The Morgan fingerprint density at radius 1 is 1.04 bits per heavy atom. The van der Waals surface area contributed by atoms with Crippen LogP contribution in [0.25, 0.3) is 21.8 Å². The smallest absolute Gasteiger partial charge is 0.123 e. The molecule has 2 aromatic heterocycles. The quantitative estimate of drug-likeness (QED) is 0.364. The summed E-state index contributed by atoms with van der Waals surface area (Å²) in [7, 11) is 0. The van der Waals surface area contributed by atoms with E-state index >= 15 is 0 Å². The molecule has 3 nitrogen and oxygen atoms in total. The molecule has 0 amide bonds. The van der Waals surface area contributed by atoms with Crippen LogP contribution >= 0.6 is 35.2 Å². The molecular weight excluding hydrogens is 394 g/mol. The zero-order valence-corrected chi connectivity index (χ0v) is 17.0. The summed E-state index contributed by atoms with van der Waals surface area (Å²) in [4.78, 5) is 5.68. The first-order valence-corrected chi connectivity index (χ1v) is 10.0. The highest BCUT2D eigenvalue weighted by atomic mass is 35.5. The molecule has 0 aliphatic rings. The van der Waals surface area contributed by atoms with Crippen LogP contribution in [0.2, 0.25) is 5.02 Å². The van der Waals surface area contributed by atoms with Gasteiger partial charge < -0.3 is 0 Å². The van der Waals surface area contributed by atoms with Gasteiger partial charge in [-0.05, 0) is 42.8 Å².